The molecule has 4 amide bonds. The van der Waals surface area contributed by atoms with E-state index in [1.807, 2.05) is 12.3 Å². The third-order valence-electron chi connectivity index (χ3n) is 7.93. The van der Waals surface area contributed by atoms with Crippen LogP contribution in [0.1, 0.15) is 58.4 Å². The van der Waals surface area contributed by atoms with Crippen molar-refractivity contribution in [3.05, 3.63) is 71.5 Å². The van der Waals surface area contributed by atoms with Gasteiger partial charge in [-0.25, -0.2) is 0 Å². The number of pyridine rings is 1. The normalized spacial score (nSPS) is 16.7. The third kappa shape index (κ3) is 5.76. The number of rotatable bonds is 12. The Labute approximate surface area is 247 Å². The lowest BCUT2D eigenvalue weighted by atomic mass is 10.0. The summed E-state index contributed by atoms with van der Waals surface area (Å²) in [6.45, 7) is 1.16. The summed E-state index contributed by atoms with van der Waals surface area (Å²) in [5.74, 6) is -1.98. The quantitative estimate of drug-likeness (QED) is 0.170. The molecule has 1 atom stereocenters. The molecule has 2 aliphatic rings. The van der Waals surface area contributed by atoms with Gasteiger partial charge in [0, 0.05) is 72.3 Å². The monoisotopic (exact) mass is 581 g/mol. The number of benzene rings is 2. The molecule has 220 valence electrons. The van der Waals surface area contributed by atoms with Crippen LogP contribution >= 0.6 is 0 Å². The number of ether oxygens (including phenoxy) is 1. The molecule has 43 heavy (non-hydrogen) atoms. The van der Waals surface area contributed by atoms with Crippen LogP contribution in [-0.4, -0.2) is 70.1 Å². The van der Waals surface area contributed by atoms with Crippen molar-refractivity contribution in [2.24, 2.45) is 0 Å². The van der Waals surface area contributed by atoms with Crippen LogP contribution in [0.15, 0.2) is 54.9 Å². The van der Waals surface area contributed by atoms with Gasteiger partial charge in [-0.2, -0.15) is 0 Å². The molecule has 0 saturated carbocycles. The minimum atomic E-state index is -1.01. The predicted octanol–water partition coefficient (Wildman–Crippen LogP) is 3.53. The number of hydrogen-bond donors (Lipinski definition) is 3. The van der Waals surface area contributed by atoms with Gasteiger partial charge in [0.1, 0.15) is 11.8 Å². The summed E-state index contributed by atoms with van der Waals surface area (Å²) in [6, 6.07) is 12.1. The SMILES string of the molecule is O=C(CCCOCCNc1cccc2c1C(=O)N(C1CCC(=O)NC1=O)C2=O)CCc1ccc2c(c1)[nH]c1ccncc12. The number of H-pyrrole nitrogens is 1. The van der Waals surface area contributed by atoms with Crippen LogP contribution in [0.5, 0.6) is 0 Å². The molecule has 1 unspecified atom stereocenters. The summed E-state index contributed by atoms with van der Waals surface area (Å²) in [6.07, 6.45) is 5.98. The summed E-state index contributed by atoms with van der Waals surface area (Å²) in [5.41, 5.74) is 4.10. The van der Waals surface area contributed by atoms with E-state index in [4.69, 9.17) is 4.74 Å². The van der Waals surface area contributed by atoms with Crippen molar-refractivity contribution in [1.82, 2.24) is 20.2 Å². The Morgan fingerprint density at radius 2 is 1.88 bits per heavy atom. The number of amides is 4. The van der Waals surface area contributed by atoms with E-state index in [0.717, 1.165) is 32.3 Å². The number of nitrogens with zero attached hydrogens (tertiary/aromatic N) is 2. The molecule has 6 rings (SSSR count). The fourth-order valence-electron chi connectivity index (χ4n) is 5.75. The van der Waals surface area contributed by atoms with Crippen molar-refractivity contribution in [3.63, 3.8) is 0 Å². The number of aromatic nitrogens is 2. The Morgan fingerprint density at radius 3 is 2.74 bits per heavy atom. The van der Waals surface area contributed by atoms with E-state index in [2.05, 4.69) is 38.8 Å². The topological polar surface area (TPSA) is 151 Å². The molecule has 2 aromatic carbocycles. The Kier molecular flexibility index (Phi) is 7.97. The number of aryl methyl sites for hydroxylation is 1. The number of aromatic amines is 1. The zero-order valence-electron chi connectivity index (χ0n) is 23.5. The first-order valence-corrected chi connectivity index (χ1v) is 14.4. The first kappa shape index (κ1) is 28.2. The standard InChI is InChI=1S/C32H31N5O6/c38-20(8-6-19-7-9-21-23-18-33-13-12-24(23)35-26(21)17-19)3-2-15-43-16-14-34-25-5-1-4-22-29(25)32(42)37(31(22)41)27-10-11-28(39)36-30(27)40/h1,4-5,7,9,12-13,17-18,27,34-35H,2-3,6,8,10-11,14-16H2,(H,36,39,40). The highest BCUT2D eigenvalue weighted by Crippen LogP contribution is 2.32. The van der Waals surface area contributed by atoms with E-state index in [0.29, 0.717) is 51.1 Å². The number of nitrogens with one attached hydrogen (secondary N) is 3. The largest absolute Gasteiger partial charge is 0.382 e. The lowest BCUT2D eigenvalue weighted by molar-refractivity contribution is -0.136. The zero-order chi connectivity index (χ0) is 29.9. The van der Waals surface area contributed by atoms with Crippen LogP contribution in [0.3, 0.4) is 0 Å². The van der Waals surface area contributed by atoms with Gasteiger partial charge in [0.25, 0.3) is 11.8 Å². The molecule has 0 spiro atoms. The van der Waals surface area contributed by atoms with E-state index in [9.17, 15) is 24.0 Å². The lowest BCUT2D eigenvalue weighted by Crippen LogP contribution is -2.54. The minimum absolute atomic E-state index is 0.0676. The van der Waals surface area contributed by atoms with Gasteiger partial charge in [0.05, 0.1) is 17.7 Å². The van der Waals surface area contributed by atoms with Crippen molar-refractivity contribution in [2.75, 3.05) is 25.1 Å². The minimum Gasteiger partial charge on any atom is -0.382 e. The molecular formula is C32H31N5O6. The molecule has 0 aliphatic carbocycles. The Morgan fingerprint density at radius 1 is 1.00 bits per heavy atom. The Bertz CT molecular complexity index is 1760. The van der Waals surface area contributed by atoms with Crippen molar-refractivity contribution < 1.29 is 28.7 Å². The number of ketones is 1. The van der Waals surface area contributed by atoms with Gasteiger partial charge in [0.2, 0.25) is 11.8 Å². The zero-order valence-corrected chi connectivity index (χ0v) is 23.5. The van der Waals surface area contributed by atoms with E-state index in [1.54, 1.807) is 24.4 Å². The summed E-state index contributed by atoms with van der Waals surface area (Å²) in [7, 11) is 0. The predicted molar refractivity (Wildman–Crippen MR) is 159 cm³/mol. The Balaban J connectivity index is 0.922. The fourth-order valence-corrected chi connectivity index (χ4v) is 5.75. The smallest absolute Gasteiger partial charge is 0.264 e. The molecule has 1 saturated heterocycles. The second kappa shape index (κ2) is 12.1. The maximum Gasteiger partial charge on any atom is 0.264 e. The number of hydrogen-bond acceptors (Lipinski definition) is 8. The summed E-state index contributed by atoms with van der Waals surface area (Å²) in [5, 5.41) is 7.55. The number of Topliss-reactive ketones (excluding diaryl/α,β-unsaturated/α-hetero) is 1. The molecule has 11 nitrogen and oxygen atoms in total. The summed E-state index contributed by atoms with van der Waals surface area (Å²) < 4.78 is 5.68. The number of fused-ring (bicyclic) bond motifs is 4. The van der Waals surface area contributed by atoms with Gasteiger partial charge in [-0.05, 0) is 49.1 Å². The van der Waals surface area contributed by atoms with Crippen LogP contribution in [0.4, 0.5) is 5.69 Å². The molecule has 1 fully saturated rings. The molecule has 4 heterocycles. The van der Waals surface area contributed by atoms with Gasteiger partial charge in [-0.3, -0.25) is 39.2 Å². The van der Waals surface area contributed by atoms with E-state index < -0.39 is 29.7 Å². The summed E-state index contributed by atoms with van der Waals surface area (Å²) >= 11 is 0. The van der Waals surface area contributed by atoms with Crippen molar-refractivity contribution in [3.8, 4) is 0 Å². The highest BCUT2D eigenvalue weighted by molar-refractivity contribution is 6.25. The van der Waals surface area contributed by atoms with Gasteiger partial charge in [-0.1, -0.05) is 18.2 Å². The van der Waals surface area contributed by atoms with Crippen LogP contribution < -0.4 is 10.6 Å². The molecule has 0 radical (unpaired) electrons. The molecule has 4 aromatic rings. The first-order chi connectivity index (χ1) is 20.9. The van der Waals surface area contributed by atoms with Crippen molar-refractivity contribution >= 4 is 56.9 Å². The maximum absolute atomic E-state index is 13.2. The van der Waals surface area contributed by atoms with E-state index >= 15 is 0 Å². The van der Waals surface area contributed by atoms with Gasteiger partial charge < -0.3 is 15.0 Å². The van der Waals surface area contributed by atoms with Crippen LogP contribution in [0.2, 0.25) is 0 Å². The average molecular weight is 582 g/mol. The highest BCUT2D eigenvalue weighted by atomic mass is 16.5. The fraction of sp³-hybridized carbons (Fsp3) is 0.312. The van der Waals surface area contributed by atoms with Gasteiger partial charge in [-0.15, -0.1) is 0 Å². The number of imide groups is 2. The van der Waals surface area contributed by atoms with Gasteiger partial charge in [0.15, 0.2) is 0 Å². The number of carbonyl (C=O) groups excluding carboxylic acids is 5. The van der Waals surface area contributed by atoms with Crippen LogP contribution in [-0.2, 0) is 25.5 Å². The molecule has 2 aliphatic heterocycles. The van der Waals surface area contributed by atoms with E-state index in [-0.39, 0.29) is 29.8 Å². The molecule has 11 heteroatoms. The second-order valence-corrected chi connectivity index (χ2v) is 10.8. The average Bonchev–Trinajstić information content (AvgIpc) is 3.50. The molecule has 3 N–H and O–H groups in total. The molecular weight excluding hydrogens is 550 g/mol. The number of anilines is 1. The van der Waals surface area contributed by atoms with Crippen molar-refractivity contribution in [2.45, 2.75) is 44.6 Å². The van der Waals surface area contributed by atoms with Gasteiger partial charge >= 0.3 is 0 Å². The molecule has 2 aromatic heterocycles. The third-order valence-corrected chi connectivity index (χ3v) is 7.93. The first-order valence-electron chi connectivity index (χ1n) is 14.4. The number of piperidine rings is 1. The molecule has 0 bridgehead atoms. The summed E-state index contributed by atoms with van der Waals surface area (Å²) in [4.78, 5) is 70.9. The highest BCUT2D eigenvalue weighted by Gasteiger charge is 2.45. The van der Waals surface area contributed by atoms with Crippen LogP contribution in [0, 0.1) is 0 Å². The Hall–Kier alpha value is -4.90. The van der Waals surface area contributed by atoms with E-state index in [1.165, 1.54) is 0 Å². The van der Waals surface area contributed by atoms with Crippen molar-refractivity contribution in [1.29, 1.82) is 0 Å². The van der Waals surface area contributed by atoms with Crippen LogP contribution in [0.25, 0.3) is 21.8 Å². The maximum atomic E-state index is 13.2. The second-order valence-electron chi connectivity index (χ2n) is 10.8. The lowest BCUT2D eigenvalue weighted by Gasteiger charge is -2.27. The number of carbonyl (C=O) groups is 5.